The van der Waals surface area contributed by atoms with Gasteiger partial charge in [-0.3, -0.25) is 9.36 Å². The van der Waals surface area contributed by atoms with Crippen LogP contribution in [0.4, 0.5) is 5.82 Å². The summed E-state index contributed by atoms with van der Waals surface area (Å²) in [6, 6.07) is -0.401. The van der Waals surface area contributed by atoms with Gasteiger partial charge in [-0.15, -0.1) is 0 Å². The van der Waals surface area contributed by atoms with Gasteiger partial charge < -0.3 is 10.1 Å². The van der Waals surface area contributed by atoms with Gasteiger partial charge in [-0.2, -0.15) is 0 Å². The molecule has 1 saturated carbocycles. The van der Waals surface area contributed by atoms with Gasteiger partial charge in [-0.25, -0.2) is 9.78 Å². The highest BCUT2D eigenvalue weighted by molar-refractivity contribution is 6.30. The summed E-state index contributed by atoms with van der Waals surface area (Å²) in [5, 5.41) is 3.50. The minimum atomic E-state index is -0.646. The highest BCUT2D eigenvalue weighted by atomic mass is 35.5. The molecule has 0 amide bonds. The smallest absolute Gasteiger partial charge is 0.329 e. The molecule has 1 aliphatic heterocycles. The van der Waals surface area contributed by atoms with E-state index in [2.05, 4.69) is 10.3 Å². The Kier molecular flexibility index (Phi) is 4.60. The molecular weight excluding hydrogens is 330 g/mol. The number of hydrogen-bond donors (Lipinski definition) is 1. The van der Waals surface area contributed by atoms with Crippen LogP contribution in [-0.4, -0.2) is 28.2 Å². The average Bonchev–Trinajstić information content (AvgIpc) is 3.10. The number of rotatable bonds is 4. The van der Waals surface area contributed by atoms with E-state index in [1.165, 1.54) is 4.57 Å². The maximum atomic E-state index is 13.0. The molecule has 2 aliphatic rings. The van der Waals surface area contributed by atoms with E-state index in [4.69, 9.17) is 16.3 Å². The van der Waals surface area contributed by atoms with Gasteiger partial charge in [0.15, 0.2) is 11.0 Å². The van der Waals surface area contributed by atoms with Crippen molar-refractivity contribution in [2.45, 2.75) is 70.4 Å². The molecule has 1 N–H and O–H groups in total. The lowest BCUT2D eigenvalue weighted by Crippen LogP contribution is -2.33. The average molecular weight is 354 g/mol. The minimum absolute atomic E-state index is 0.239. The van der Waals surface area contributed by atoms with Crippen LogP contribution in [0, 0.1) is 0 Å². The molecular formula is C17H24ClN3O3. The Morgan fingerprint density at radius 2 is 2.08 bits per heavy atom. The molecule has 3 rings (SSSR count). The van der Waals surface area contributed by atoms with Crippen molar-refractivity contribution in [2.75, 3.05) is 11.9 Å². The summed E-state index contributed by atoms with van der Waals surface area (Å²) >= 11 is 6.40. The fourth-order valence-electron chi connectivity index (χ4n) is 3.87. The third-order valence-electron chi connectivity index (χ3n) is 4.98. The number of anilines is 1. The standard InChI is InChI=1S/C17H24ClN3O3/c1-4-24-16(23)11-9-17(2,3)12-13(18)20-14(15(22)21(11)12)19-10-7-5-6-8-10/h10-11H,4-9H2,1-3H3,(H,19,20). The van der Waals surface area contributed by atoms with E-state index in [0.29, 0.717) is 12.1 Å². The predicted octanol–water partition coefficient (Wildman–Crippen LogP) is 3.04. The summed E-state index contributed by atoms with van der Waals surface area (Å²) in [4.78, 5) is 29.6. The number of hydrogen-bond acceptors (Lipinski definition) is 5. The molecule has 0 bridgehead atoms. The fraction of sp³-hybridized carbons (Fsp3) is 0.706. The lowest BCUT2D eigenvalue weighted by Gasteiger charge is -2.20. The van der Waals surface area contributed by atoms with Crippen LogP contribution in [0.1, 0.15) is 64.6 Å². The number of esters is 1. The van der Waals surface area contributed by atoms with Crippen LogP contribution in [-0.2, 0) is 14.9 Å². The number of halogens is 1. The first-order valence-electron chi connectivity index (χ1n) is 8.61. The molecule has 1 fully saturated rings. The first kappa shape index (κ1) is 17.3. The molecule has 0 saturated heterocycles. The van der Waals surface area contributed by atoms with Gasteiger partial charge in [0.2, 0.25) is 0 Å². The van der Waals surface area contributed by atoms with Gasteiger partial charge in [-0.1, -0.05) is 38.3 Å². The molecule has 1 aliphatic carbocycles. The van der Waals surface area contributed by atoms with Gasteiger partial charge in [0.05, 0.1) is 12.3 Å². The Morgan fingerprint density at radius 1 is 1.42 bits per heavy atom. The Morgan fingerprint density at radius 3 is 2.71 bits per heavy atom. The molecule has 1 aromatic heterocycles. The minimum Gasteiger partial charge on any atom is -0.464 e. The fourth-order valence-corrected chi connectivity index (χ4v) is 4.30. The van der Waals surface area contributed by atoms with Crippen LogP contribution < -0.4 is 10.9 Å². The summed E-state index contributed by atoms with van der Waals surface area (Å²) in [5.74, 6) is -0.150. The van der Waals surface area contributed by atoms with Gasteiger partial charge in [0, 0.05) is 11.5 Å². The molecule has 6 nitrogen and oxygen atoms in total. The predicted molar refractivity (Wildman–Crippen MR) is 92.7 cm³/mol. The van der Waals surface area contributed by atoms with Crippen molar-refractivity contribution >= 4 is 23.4 Å². The summed E-state index contributed by atoms with van der Waals surface area (Å²) in [7, 11) is 0. The van der Waals surface area contributed by atoms with Gasteiger partial charge in [0.1, 0.15) is 6.04 Å². The van der Waals surface area contributed by atoms with Crippen molar-refractivity contribution in [1.82, 2.24) is 9.55 Å². The zero-order valence-corrected chi connectivity index (χ0v) is 15.2. The van der Waals surface area contributed by atoms with E-state index in [9.17, 15) is 9.59 Å². The van der Waals surface area contributed by atoms with E-state index in [0.717, 1.165) is 25.7 Å². The number of aromatic nitrogens is 2. The highest BCUT2D eigenvalue weighted by Crippen LogP contribution is 2.43. The van der Waals surface area contributed by atoms with Crippen molar-refractivity contribution in [2.24, 2.45) is 0 Å². The van der Waals surface area contributed by atoms with Crippen LogP contribution in [0.3, 0.4) is 0 Å². The summed E-state index contributed by atoms with van der Waals surface area (Å²) in [5.41, 5.74) is -0.0823. The zero-order valence-electron chi connectivity index (χ0n) is 14.4. The van der Waals surface area contributed by atoms with Crippen molar-refractivity contribution in [1.29, 1.82) is 0 Å². The Balaban J connectivity index is 2.06. The van der Waals surface area contributed by atoms with Gasteiger partial charge >= 0.3 is 5.97 Å². The number of nitrogens with zero attached hydrogens (tertiary/aromatic N) is 2. The second-order valence-electron chi connectivity index (χ2n) is 7.26. The number of ether oxygens (including phenoxy) is 1. The van der Waals surface area contributed by atoms with Crippen LogP contribution in [0.5, 0.6) is 0 Å². The van der Waals surface area contributed by atoms with Crippen LogP contribution >= 0.6 is 11.6 Å². The number of carbonyl (C=O) groups excluding carboxylic acids is 1. The van der Waals surface area contributed by atoms with Crippen LogP contribution in [0.15, 0.2) is 4.79 Å². The number of nitrogens with one attached hydrogen (secondary N) is 1. The summed E-state index contributed by atoms with van der Waals surface area (Å²) in [6.07, 6.45) is 4.82. The third kappa shape index (κ3) is 2.92. The van der Waals surface area contributed by atoms with E-state index in [-0.39, 0.29) is 35.1 Å². The lowest BCUT2D eigenvalue weighted by atomic mass is 9.87. The van der Waals surface area contributed by atoms with Crippen molar-refractivity contribution in [3.05, 3.63) is 21.2 Å². The van der Waals surface area contributed by atoms with Crippen LogP contribution in [0.2, 0.25) is 5.15 Å². The van der Waals surface area contributed by atoms with Gasteiger partial charge in [0.25, 0.3) is 5.56 Å². The Hall–Kier alpha value is -1.56. The molecule has 2 heterocycles. The van der Waals surface area contributed by atoms with E-state index in [1.54, 1.807) is 6.92 Å². The molecule has 1 unspecified atom stereocenters. The monoisotopic (exact) mass is 353 g/mol. The van der Waals surface area contributed by atoms with Crippen molar-refractivity contribution in [3.8, 4) is 0 Å². The highest BCUT2D eigenvalue weighted by Gasteiger charge is 2.44. The SMILES string of the molecule is CCOC(=O)C1CC(C)(C)c2c(Cl)nc(NC3CCCC3)c(=O)n21. The quantitative estimate of drug-likeness (QED) is 0.842. The Labute approximate surface area is 146 Å². The second kappa shape index (κ2) is 6.39. The number of carbonyl (C=O) groups is 1. The molecule has 0 radical (unpaired) electrons. The van der Waals surface area contributed by atoms with Gasteiger partial charge in [-0.05, 0) is 26.2 Å². The first-order chi connectivity index (χ1) is 11.3. The van der Waals surface area contributed by atoms with Crippen LogP contribution in [0.25, 0.3) is 0 Å². The normalized spacial score (nSPS) is 22.4. The molecule has 7 heteroatoms. The Bertz CT molecular complexity index is 708. The molecule has 132 valence electrons. The van der Waals surface area contributed by atoms with Crippen molar-refractivity contribution < 1.29 is 9.53 Å². The summed E-state index contributed by atoms with van der Waals surface area (Å²) in [6.45, 7) is 5.98. The van der Waals surface area contributed by atoms with E-state index in [1.807, 2.05) is 13.8 Å². The molecule has 1 atom stereocenters. The van der Waals surface area contributed by atoms with E-state index >= 15 is 0 Å². The zero-order chi connectivity index (χ0) is 17.5. The topological polar surface area (TPSA) is 73.2 Å². The maximum Gasteiger partial charge on any atom is 0.329 e. The number of fused-ring (bicyclic) bond motifs is 1. The molecule has 1 aromatic rings. The second-order valence-corrected chi connectivity index (χ2v) is 7.61. The first-order valence-corrected chi connectivity index (χ1v) is 8.98. The van der Waals surface area contributed by atoms with E-state index < -0.39 is 11.5 Å². The molecule has 24 heavy (non-hydrogen) atoms. The lowest BCUT2D eigenvalue weighted by molar-refractivity contribution is -0.147. The molecule has 0 spiro atoms. The van der Waals surface area contributed by atoms with Crippen molar-refractivity contribution in [3.63, 3.8) is 0 Å². The maximum absolute atomic E-state index is 13.0. The summed E-state index contributed by atoms with van der Waals surface area (Å²) < 4.78 is 6.65. The largest absolute Gasteiger partial charge is 0.464 e. The molecule has 0 aromatic carbocycles. The third-order valence-corrected chi connectivity index (χ3v) is 5.24.